The minimum absolute atomic E-state index is 0.0860. The molecule has 2 aromatic rings. The summed E-state index contributed by atoms with van der Waals surface area (Å²) in [5.74, 6) is -0.309. The smallest absolute Gasteiger partial charge is 0.254 e. The van der Waals surface area contributed by atoms with Crippen LogP contribution in [0.3, 0.4) is 0 Å². The summed E-state index contributed by atoms with van der Waals surface area (Å²) in [6.45, 7) is 4.69. The predicted octanol–water partition coefficient (Wildman–Crippen LogP) is 2.56. The molecule has 118 valence electrons. The van der Waals surface area contributed by atoms with E-state index < -0.39 is 0 Å². The van der Waals surface area contributed by atoms with Crippen molar-refractivity contribution in [2.24, 2.45) is 10.9 Å². The minimum atomic E-state index is -0.223. The molecule has 1 aliphatic heterocycles. The number of carbonyl (C=O) groups excluding carboxylic acids is 1. The molecule has 0 radical (unpaired) electrons. The number of carbonyl (C=O) groups is 1. The number of hydrogen-bond donors (Lipinski definition) is 1. The van der Waals surface area contributed by atoms with Crippen LogP contribution in [0, 0.1) is 12.8 Å². The van der Waals surface area contributed by atoms with Crippen molar-refractivity contribution < 1.29 is 4.79 Å². The molecule has 0 aromatic heterocycles. The Morgan fingerprint density at radius 3 is 2.70 bits per heavy atom. The number of benzene rings is 2. The molecule has 3 rings (SSSR count). The van der Waals surface area contributed by atoms with Crippen molar-refractivity contribution in [3.8, 4) is 0 Å². The van der Waals surface area contributed by atoms with Crippen LogP contribution in [-0.4, -0.2) is 12.5 Å². The molecular weight excluding hydrogens is 308 g/mol. The molecular formula is C19H19ClN2O. The Morgan fingerprint density at radius 2 is 1.96 bits per heavy atom. The summed E-state index contributed by atoms with van der Waals surface area (Å²) >= 11 is 5.91. The summed E-state index contributed by atoms with van der Waals surface area (Å²) in [5, 5.41) is 5.94. The van der Waals surface area contributed by atoms with Crippen molar-refractivity contribution in [3.63, 3.8) is 0 Å². The highest BCUT2D eigenvalue weighted by Crippen LogP contribution is 2.16. The highest BCUT2D eigenvalue weighted by Gasteiger charge is 2.19. The second-order valence-electron chi connectivity index (χ2n) is 5.97. The quantitative estimate of drug-likeness (QED) is 0.938. The predicted molar refractivity (Wildman–Crippen MR) is 92.8 cm³/mol. The number of nitrogens with one attached hydrogen (secondary N) is 1. The number of amides is 1. The Kier molecular flexibility index (Phi) is 4.60. The molecule has 2 unspecified atom stereocenters. The molecule has 23 heavy (non-hydrogen) atoms. The van der Waals surface area contributed by atoms with Gasteiger partial charge in [-0.05, 0) is 42.8 Å². The molecule has 2 aromatic carbocycles. The fourth-order valence-electron chi connectivity index (χ4n) is 2.72. The molecule has 0 bridgehead atoms. The third-order valence-electron chi connectivity index (χ3n) is 4.13. The molecule has 0 fully saturated rings. The van der Waals surface area contributed by atoms with Crippen molar-refractivity contribution in [3.05, 3.63) is 69.2 Å². The highest BCUT2D eigenvalue weighted by atomic mass is 35.5. The van der Waals surface area contributed by atoms with Crippen molar-refractivity contribution in [1.82, 2.24) is 5.32 Å². The molecule has 0 saturated carbocycles. The van der Waals surface area contributed by atoms with Gasteiger partial charge in [0.15, 0.2) is 0 Å². The number of rotatable bonds is 4. The normalized spacial score (nSPS) is 17.9. The monoisotopic (exact) mass is 326 g/mol. The molecule has 1 heterocycles. The van der Waals surface area contributed by atoms with Gasteiger partial charge in [-0.15, -0.1) is 0 Å². The molecule has 0 spiro atoms. The van der Waals surface area contributed by atoms with Crippen LogP contribution in [0.15, 0.2) is 47.5 Å². The first-order chi connectivity index (χ1) is 11.0. The van der Waals surface area contributed by atoms with Crippen LogP contribution in [0.2, 0.25) is 5.02 Å². The summed E-state index contributed by atoms with van der Waals surface area (Å²) in [6.07, 6.45) is 2.01. The molecule has 1 N–H and O–H groups in total. The van der Waals surface area contributed by atoms with Crippen LogP contribution in [0.5, 0.6) is 0 Å². The standard InChI is InChI=1S/C19H19ClN2O/c1-12-3-8-18-15(9-12)10-16(19(23)22-18)11-21-13(2)14-4-6-17(20)7-5-14/h3-10,13,16,21H,11H2,1-2H3. The lowest BCUT2D eigenvalue weighted by atomic mass is 10.0. The lowest BCUT2D eigenvalue weighted by Gasteiger charge is -2.18. The van der Waals surface area contributed by atoms with Gasteiger partial charge in [-0.3, -0.25) is 4.79 Å². The number of aryl methyl sites for hydroxylation is 1. The van der Waals surface area contributed by atoms with Crippen molar-refractivity contribution >= 4 is 23.6 Å². The molecule has 3 nitrogen and oxygen atoms in total. The van der Waals surface area contributed by atoms with E-state index in [1.54, 1.807) is 0 Å². The molecule has 0 saturated heterocycles. The average Bonchev–Trinajstić information content (AvgIpc) is 2.53. The van der Waals surface area contributed by atoms with Gasteiger partial charge in [0.05, 0.1) is 11.3 Å². The SMILES string of the molecule is Cc1ccc2c(c1)=CC(CNC(C)c1ccc(Cl)cc1)C(=O)N=2. The Hall–Kier alpha value is -1.97. The summed E-state index contributed by atoms with van der Waals surface area (Å²) in [4.78, 5) is 16.4. The average molecular weight is 327 g/mol. The molecule has 1 aliphatic rings. The van der Waals surface area contributed by atoms with E-state index in [0.29, 0.717) is 6.54 Å². The maximum Gasteiger partial charge on any atom is 0.254 e. The van der Waals surface area contributed by atoms with E-state index in [1.165, 1.54) is 5.56 Å². The lowest BCUT2D eigenvalue weighted by molar-refractivity contribution is -0.120. The number of nitrogens with zero attached hydrogens (tertiary/aromatic N) is 1. The maximum absolute atomic E-state index is 12.2. The number of halogens is 1. The largest absolute Gasteiger partial charge is 0.309 e. The van der Waals surface area contributed by atoms with Gasteiger partial charge in [0.1, 0.15) is 0 Å². The Balaban J connectivity index is 1.73. The van der Waals surface area contributed by atoms with Crippen LogP contribution >= 0.6 is 11.6 Å². The van der Waals surface area contributed by atoms with Gasteiger partial charge in [-0.2, -0.15) is 0 Å². The lowest BCUT2D eigenvalue weighted by Crippen LogP contribution is -2.38. The zero-order valence-corrected chi connectivity index (χ0v) is 14.0. The van der Waals surface area contributed by atoms with Gasteiger partial charge in [0, 0.05) is 17.6 Å². The van der Waals surface area contributed by atoms with Crippen molar-refractivity contribution in [2.45, 2.75) is 19.9 Å². The van der Waals surface area contributed by atoms with E-state index in [0.717, 1.165) is 21.2 Å². The molecule has 0 aliphatic carbocycles. The van der Waals surface area contributed by atoms with Crippen LogP contribution in [-0.2, 0) is 4.79 Å². The Labute approximate surface area is 140 Å². The molecule has 1 amide bonds. The maximum atomic E-state index is 12.2. The van der Waals surface area contributed by atoms with Crippen molar-refractivity contribution in [2.75, 3.05) is 6.54 Å². The first-order valence-corrected chi connectivity index (χ1v) is 8.10. The number of fused-ring (bicyclic) bond motifs is 1. The summed E-state index contributed by atoms with van der Waals surface area (Å²) < 4.78 is 0. The second kappa shape index (κ2) is 6.65. The van der Waals surface area contributed by atoms with Gasteiger partial charge < -0.3 is 5.32 Å². The Bertz CT molecular complexity index is 843. The first-order valence-electron chi connectivity index (χ1n) is 7.73. The topological polar surface area (TPSA) is 41.5 Å². The zero-order valence-electron chi connectivity index (χ0n) is 13.2. The second-order valence-corrected chi connectivity index (χ2v) is 6.40. The van der Waals surface area contributed by atoms with Crippen molar-refractivity contribution in [1.29, 1.82) is 0 Å². The summed E-state index contributed by atoms with van der Waals surface area (Å²) in [7, 11) is 0. The third kappa shape index (κ3) is 3.69. The van der Waals surface area contributed by atoms with E-state index in [9.17, 15) is 4.79 Å². The summed E-state index contributed by atoms with van der Waals surface area (Å²) in [6, 6.07) is 13.8. The van der Waals surface area contributed by atoms with E-state index in [2.05, 4.69) is 23.3 Å². The van der Waals surface area contributed by atoms with Gasteiger partial charge >= 0.3 is 0 Å². The first kappa shape index (κ1) is 15.9. The van der Waals surface area contributed by atoms with E-state index >= 15 is 0 Å². The minimum Gasteiger partial charge on any atom is -0.309 e. The third-order valence-corrected chi connectivity index (χ3v) is 4.38. The van der Waals surface area contributed by atoms with Crippen LogP contribution in [0.25, 0.3) is 6.08 Å². The van der Waals surface area contributed by atoms with E-state index in [1.807, 2.05) is 49.4 Å². The van der Waals surface area contributed by atoms with Crippen LogP contribution < -0.4 is 15.9 Å². The molecule has 4 heteroatoms. The summed E-state index contributed by atoms with van der Waals surface area (Å²) in [5.41, 5.74) is 2.32. The Morgan fingerprint density at radius 1 is 1.22 bits per heavy atom. The van der Waals surface area contributed by atoms with E-state index in [-0.39, 0.29) is 17.9 Å². The molecule has 2 atom stereocenters. The van der Waals surface area contributed by atoms with Crippen LogP contribution in [0.4, 0.5) is 0 Å². The van der Waals surface area contributed by atoms with Gasteiger partial charge in [0.2, 0.25) is 0 Å². The zero-order chi connectivity index (χ0) is 16.4. The fourth-order valence-corrected chi connectivity index (χ4v) is 2.84. The van der Waals surface area contributed by atoms with Gasteiger partial charge in [-0.1, -0.05) is 47.5 Å². The highest BCUT2D eigenvalue weighted by molar-refractivity contribution is 6.30. The van der Waals surface area contributed by atoms with Crippen LogP contribution in [0.1, 0.15) is 24.1 Å². The number of hydrogen-bond acceptors (Lipinski definition) is 2. The van der Waals surface area contributed by atoms with Gasteiger partial charge in [0.25, 0.3) is 5.91 Å². The van der Waals surface area contributed by atoms with Gasteiger partial charge in [-0.25, -0.2) is 4.99 Å². The fraction of sp³-hybridized carbons (Fsp3) is 0.263. The van der Waals surface area contributed by atoms with E-state index in [4.69, 9.17) is 11.6 Å².